The summed E-state index contributed by atoms with van der Waals surface area (Å²) in [4.78, 5) is 14.7. The molecule has 0 fully saturated rings. The molecule has 2 rings (SSSR count). The molecular weight excluding hydrogens is 255 g/mol. The van der Waals surface area contributed by atoms with Crippen LogP contribution in [0, 0.1) is 0 Å². The molecule has 7 nitrogen and oxygen atoms in total. The predicted molar refractivity (Wildman–Crippen MR) is 51.0 cm³/mol. The van der Waals surface area contributed by atoms with E-state index in [0.717, 1.165) is 0 Å². The van der Waals surface area contributed by atoms with Crippen molar-refractivity contribution < 1.29 is 42.5 Å². The minimum absolute atomic E-state index is 0. The van der Waals surface area contributed by atoms with Gasteiger partial charge in [-0.05, 0) is 6.07 Å². The third kappa shape index (κ3) is 3.51. The zero-order valence-corrected chi connectivity index (χ0v) is 11.6. The van der Waals surface area contributed by atoms with Gasteiger partial charge in [0, 0.05) is 18.6 Å². The van der Waals surface area contributed by atoms with Gasteiger partial charge in [-0.15, -0.1) is 0 Å². The van der Waals surface area contributed by atoms with Crippen molar-refractivity contribution >= 4 is 10.1 Å². The van der Waals surface area contributed by atoms with Crippen molar-refractivity contribution in [3.8, 4) is 11.4 Å². The van der Waals surface area contributed by atoms with Crippen LogP contribution in [0.5, 0.6) is 0 Å². The summed E-state index contributed by atoms with van der Waals surface area (Å²) >= 11 is 0. The first kappa shape index (κ1) is 14.1. The summed E-state index contributed by atoms with van der Waals surface area (Å²) in [5.74, 6) is 0. The summed E-state index contributed by atoms with van der Waals surface area (Å²) in [6.45, 7) is 0. The Bertz CT molecular complexity index is 605. The van der Waals surface area contributed by atoms with Crippen molar-refractivity contribution in [2.24, 2.45) is 0 Å². The second-order valence-corrected chi connectivity index (χ2v) is 4.04. The SMILES string of the molecule is O=S(=O)([O-])c1nccc(-c2cnccn2)n1.[Na+]. The minimum atomic E-state index is -4.65. The largest absolute Gasteiger partial charge is 1.00 e. The van der Waals surface area contributed by atoms with Crippen LogP contribution in [-0.2, 0) is 10.1 Å². The van der Waals surface area contributed by atoms with E-state index in [4.69, 9.17) is 0 Å². The first-order valence-corrected chi connectivity index (χ1v) is 5.53. The van der Waals surface area contributed by atoms with Gasteiger partial charge in [-0.3, -0.25) is 9.97 Å². The Labute approximate surface area is 119 Å². The monoisotopic (exact) mass is 260 g/mol. The molecule has 9 heteroatoms. The van der Waals surface area contributed by atoms with Crippen LogP contribution in [0.3, 0.4) is 0 Å². The van der Waals surface area contributed by atoms with E-state index in [0.29, 0.717) is 5.69 Å². The molecule has 0 aliphatic carbocycles. The molecule has 0 saturated carbocycles. The summed E-state index contributed by atoms with van der Waals surface area (Å²) in [7, 11) is -4.65. The molecule has 0 aliphatic rings. The molecule has 2 aromatic rings. The van der Waals surface area contributed by atoms with E-state index in [2.05, 4.69) is 19.9 Å². The van der Waals surface area contributed by atoms with Crippen molar-refractivity contribution in [1.29, 1.82) is 0 Å². The summed E-state index contributed by atoms with van der Waals surface area (Å²) in [6, 6.07) is 1.44. The Hall–Kier alpha value is -0.930. The Kier molecular flexibility index (Phi) is 4.66. The van der Waals surface area contributed by atoms with Gasteiger partial charge in [0.15, 0.2) is 10.1 Å². The second kappa shape index (κ2) is 5.61. The van der Waals surface area contributed by atoms with Crippen LogP contribution in [0.1, 0.15) is 0 Å². The van der Waals surface area contributed by atoms with Crippen molar-refractivity contribution in [3.63, 3.8) is 0 Å². The summed E-state index contributed by atoms with van der Waals surface area (Å²) in [6.07, 6.45) is 5.49. The van der Waals surface area contributed by atoms with Gasteiger partial charge < -0.3 is 4.55 Å². The minimum Gasteiger partial charge on any atom is -0.742 e. The van der Waals surface area contributed by atoms with E-state index in [9.17, 15) is 13.0 Å². The van der Waals surface area contributed by atoms with Crippen LogP contribution in [0.2, 0.25) is 0 Å². The Morgan fingerprint density at radius 1 is 1.06 bits per heavy atom. The molecule has 0 unspecified atom stereocenters. The quantitative estimate of drug-likeness (QED) is 0.318. The number of hydrogen-bond donors (Lipinski definition) is 0. The van der Waals surface area contributed by atoms with E-state index in [-0.39, 0.29) is 35.3 Å². The first-order chi connectivity index (χ1) is 7.57. The molecule has 82 valence electrons. The first-order valence-electron chi connectivity index (χ1n) is 4.13. The van der Waals surface area contributed by atoms with Gasteiger partial charge in [0.05, 0.1) is 11.9 Å². The van der Waals surface area contributed by atoms with Crippen molar-refractivity contribution in [2.45, 2.75) is 5.16 Å². The number of nitrogens with zero attached hydrogens (tertiary/aromatic N) is 4. The standard InChI is InChI=1S/C8H6N4O3S.Na/c13-16(14,15)8-11-2-1-6(12-8)7-5-9-3-4-10-7;/h1-5H,(H,13,14,15);/q;+1/p-1. The van der Waals surface area contributed by atoms with E-state index in [1.54, 1.807) is 0 Å². The molecule has 0 aliphatic heterocycles. The molecule has 2 aromatic heterocycles. The zero-order valence-electron chi connectivity index (χ0n) is 8.81. The Balaban J connectivity index is 0.00000144. The normalized spacial score (nSPS) is 10.6. The van der Waals surface area contributed by atoms with E-state index in [1.807, 2.05) is 0 Å². The Morgan fingerprint density at radius 2 is 1.82 bits per heavy atom. The van der Waals surface area contributed by atoms with Crippen LogP contribution in [0.25, 0.3) is 11.4 Å². The van der Waals surface area contributed by atoms with Gasteiger partial charge in [0.2, 0.25) is 5.16 Å². The zero-order chi connectivity index (χ0) is 11.6. The molecule has 0 aromatic carbocycles. The van der Waals surface area contributed by atoms with Gasteiger partial charge in [-0.2, -0.15) is 0 Å². The molecule has 0 amide bonds. The molecule has 0 N–H and O–H groups in total. The van der Waals surface area contributed by atoms with Crippen LogP contribution in [0.15, 0.2) is 36.0 Å². The van der Waals surface area contributed by atoms with Crippen LogP contribution < -0.4 is 29.6 Å². The number of hydrogen-bond acceptors (Lipinski definition) is 7. The van der Waals surface area contributed by atoms with Gasteiger partial charge in [0.25, 0.3) is 0 Å². The van der Waals surface area contributed by atoms with Crippen LogP contribution >= 0.6 is 0 Å². The number of aromatic nitrogens is 4. The smallest absolute Gasteiger partial charge is 0.742 e. The van der Waals surface area contributed by atoms with Gasteiger partial charge in [-0.1, -0.05) is 0 Å². The fourth-order valence-electron chi connectivity index (χ4n) is 1.04. The predicted octanol–water partition coefficient (Wildman–Crippen LogP) is -3.16. The summed E-state index contributed by atoms with van der Waals surface area (Å²) in [5.41, 5.74) is 0.604. The third-order valence-electron chi connectivity index (χ3n) is 1.68. The third-order valence-corrected chi connectivity index (χ3v) is 2.33. The molecule has 17 heavy (non-hydrogen) atoms. The van der Waals surface area contributed by atoms with Crippen molar-refractivity contribution in [1.82, 2.24) is 19.9 Å². The van der Waals surface area contributed by atoms with Crippen LogP contribution in [0.4, 0.5) is 0 Å². The van der Waals surface area contributed by atoms with Crippen molar-refractivity contribution in [3.05, 3.63) is 30.9 Å². The summed E-state index contributed by atoms with van der Waals surface area (Å²) in [5, 5.41) is -0.768. The molecule has 0 bridgehead atoms. The van der Waals surface area contributed by atoms with E-state index >= 15 is 0 Å². The molecule has 0 atom stereocenters. The summed E-state index contributed by atoms with van der Waals surface area (Å²) < 4.78 is 32.1. The number of rotatable bonds is 2. The molecule has 0 spiro atoms. The average molecular weight is 260 g/mol. The fourth-order valence-corrected chi connectivity index (χ4v) is 1.44. The maximum Gasteiger partial charge on any atom is 1.00 e. The maximum atomic E-state index is 10.7. The van der Waals surface area contributed by atoms with Crippen molar-refractivity contribution in [2.75, 3.05) is 0 Å². The van der Waals surface area contributed by atoms with Gasteiger partial charge >= 0.3 is 29.6 Å². The fraction of sp³-hybridized carbons (Fsp3) is 0. The molecule has 0 radical (unpaired) electrons. The average Bonchev–Trinajstić information content (AvgIpc) is 2.29. The van der Waals surface area contributed by atoms with Gasteiger partial charge in [0.1, 0.15) is 5.69 Å². The molecule has 0 saturated heterocycles. The molecule has 2 heterocycles. The second-order valence-electron chi connectivity index (χ2n) is 2.77. The topological polar surface area (TPSA) is 109 Å². The van der Waals surface area contributed by atoms with E-state index < -0.39 is 15.3 Å². The van der Waals surface area contributed by atoms with E-state index in [1.165, 1.54) is 30.9 Å². The van der Waals surface area contributed by atoms with Gasteiger partial charge in [-0.25, -0.2) is 18.4 Å². The Morgan fingerprint density at radius 3 is 2.41 bits per heavy atom. The maximum absolute atomic E-state index is 10.7. The molecular formula is C8H5N4NaO3S. The van der Waals surface area contributed by atoms with Crippen LogP contribution in [-0.4, -0.2) is 32.9 Å².